The summed E-state index contributed by atoms with van der Waals surface area (Å²) in [6.45, 7) is 5.08. The topological polar surface area (TPSA) is 32.8 Å². The van der Waals surface area contributed by atoms with Crippen LogP contribution in [0.4, 0.5) is 0 Å². The Bertz CT molecular complexity index is 1350. The summed E-state index contributed by atoms with van der Waals surface area (Å²) < 4.78 is 6.00. The van der Waals surface area contributed by atoms with Gasteiger partial charge in [0.2, 0.25) is 0 Å². The third-order valence-electron chi connectivity index (χ3n) is 8.31. The first-order valence-electron chi connectivity index (χ1n) is 15.6. The van der Waals surface area contributed by atoms with Gasteiger partial charge in [-0.25, -0.2) is 5.01 Å². The van der Waals surface area contributed by atoms with Crippen molar-refractivity contribution in [2.75, 3.05) is 13.1 Å². The molecule has 4 aromatic carbocycles. The molecule has 0 spiro atoms. The maximum Gasteiger partial charge on any atom is 0.268 e. The van der Waals surface area contributed by atoms with Gasteiger partial charge in [-0.1, -0.05) is 105 Å². The highest BCUT2D eigenvalue weighted by Gasteiger charge is 2.28. The van der Waals surface area contributed by atoms with E-state index in [1.807, 2.05) is 47.5 Å². The molecule has 1 heterocycles. The summed E-state index contributed by atoms with van der Waals surface area (Å²) in [7, 11) is 0. The number of amides is 1. The van der Waals surface area contributed by atoms with Gasteiger partial charge < -0.3 is 4.74 Å². The van der Waals surface area contributed by atoms with Gasteiger partial charge in [0.05, 0.1) is 6.54 Å². The number of unbranched alkanes of at least 4 members (excludes halogenated alkanes) is 2. The number of hydrazine groups is 1. The number of aryl methyl sites for hydroxylation is 1. The van der Waals surface area contributed by atoms with E-state index in [4.69, 9.17) is 4.74 Å². The fraction of sp³-hybridized carbons (Fsp3) is 0.342. The van der Waals surface area contributed by atoms with E-state index >= 15 is 0 Å². The van der Waals surface area contributed by atoms with Gasteiger partial charge in [-0.15, -0.1) is 0 Å². The van der Waals surface area contributed by atoms with Crippen molar-refractivity contribution in [2.45, 2.75) is 65.0 Å². The summed E-state index contributed by atoms with van der Waals surface area (Å²) in [4.78, 5) is 14.0. The molecule has 4 heteroatoms. The molecule has 42 heavy (non-hydrogen) atoms. The Balaban J connectivity index is 1.26. The van der Waals surface area contributed by atoms with E-state index in [0.29, 0.717) is 19.1 Å². The molecular weight excluding hydrogens is 516 g/mol. The zero-order valence-electron chi connectivity index (χ0n) is 25.0. The molecular formula is C38H44N2O2. The number of carbonyl (C=O) groups is 1. The van der Waals surface area contributed by atoms with Crippen LogP contribution in [0, 0.1) is 5.92 Å². The smallest absolute Gasteiger partial charge is 0.268 e. The van der Waals surface area contributed by atoms with Crippen LogP contribution in [0.25, 0.3) is 0 Å². The van der Waals surface area contributed by atoms with Gasteiger partial charge in [-0.3, -0.25) is 9.80 Å². The van der Waals surface area contributed by atoms with E-state index in [1.54, 1.807) is 0 Å². The van der Waals surface area contributed by atoms with E-state index in [9.17, 15) is 4.79 Å². The van der Waals surface area contributed by atoms with Crippen LogP contribution in [0.3, 0.4) is 0 Å². The highest BCUT2D eigenvalue weighted by Crippen LogP contribution is 2.25. The maximum atomic E-state index is 14.0. The lowest BCUT2D eigenvalue weighted by molar-refractivity contribution is -0.0351. The Morgan fingerprint density at radius 1 is 0.738 bits per heavy atom. The third-order valence-corrected chi connectivity index (χ3v) is 8.31. The largest absolute Gasteiger partial charge is 0.489 e. The molecule has 0 bridgehead atoms. The van der Waals surface area contributed by atoms with Gasteiger partial charge in [-0.05, 0) is 84.5 Å². The lowest BCUT2D eigenvalue weighted by Crippen LogP contribution is -2.49. The summed E-state index contributed by atoms with van der Waals surface area (Å²) in [5.74, 6) is 1.55. The Morgan fingerprint density at radius 2 is 1.36 bits per heavy atom. The van der Waals surface area contributed by atoms with Gasteiger partial charge in [0.15, 0.2) is 0 Å². The molecule has 0 saturated carbocycles. The lowest BCUT2D eigenvalue weighted by atomic mass is 9.90. The number of piperidine rings is 1. The molecule has 4 nitrogen and oxygen atoms in total. The van der Waals surface area contributed by atoms with Crippen LogP contribution in [0.5, 0.6) is 5.75 Å². The molecule has 0 unspecified atom stereocenters. The number of hydrogen-bond acceptors (Lipinski definition) is 3. The number of carbonyl (C=O) groups excluding carboxylic acids is 1. The molecule has 1 aliphatic heterocycles. The Morgan fingerprint density at radius 3 is 2.00 bits per heavy atom. The SMILES string of the molecule is CCCCCc1ccc(C(=O)N(Cc2ccc(OCc3ccccc3)cc2)N2CCC(Cc3ccccc3)CC2)cc1. The van der Waals surface area contributed by atoms with Crippen LogP contribution in [-0.4, -0.2) is 29.0 Å². The molecule has 1 aliphatic rings. The fourth-order valence-corrected chi connectivity index (χ4v) is 5.76. The predicted molar refractivity (Wildman–Crippen MR) is 171 cm³/mol. The normalized spacial score (nSPS) is 14.0. The summed E-state index contributed by atoms with van der Waals surface area (Å²) in [5, 5.41) is 4.25. The molecule has 0 aliphatic carbocycles. The van der Waals surface area contributed by atoms with E-state index in [0.717, 1.165) is 61.2 Å². The first-order chi connectivity index (χ1) is 20.7. The molecule has 1 amide bonds. The first kappa shape index (κ1) is 29.6. The van der Waals surface area contributed by atoms with Crippen molar-refractivity contribution >= 4 is 5.91 Å². The highest BCUT2D eigenvalue weighted by molar-refractivity contribution is 5.94. The van der Waals surface area contributed by atoms with Crippen LogP contribution < -0.4 is 4.74 Å². The second kappa shape index (κ2) is 15.4. The predicted octanol–water partition coefficient (Wildman–Crippen LogP) is 8.51. The molecule has 4 aromatic rings. The minimum atomic E-state index is 0.0704. The van der Waals surface area contributed by atoms with Crippen LogP contribution in [0.1, 0.15) is 71.6 Å². The average Bonchev–Trinajstić information content (AvgIpc) is 3.05. The second-order valence-corrected chi connectivity index (χ2v) is 11.5. The minimum absolute atomic E-state index is 0.0704. The third kappa shape index (κ3) is 8.56. The molecule has 5 rings (SSSR count). The van der Waals surface area contributed by atoms with Crippen molar-refractivity contribution in [1.82, 2.24) is 10.0 Å². The van der Waals surface area contributed by atoms with Gasteiger partial charge in [0.25, 0.3) is 5.91 Å². The van der Waals surface area contributed by atoms with Crippen molar-refractivity contribution in [1.29, 1.82) is 0 Å². The lowest BCUT2D eigenvalue weighted by Gasteiger charge is -2.40. The summed E-state index contributed by atoms with van der Waals surface area (Å²) in [6.07, 6.45) is 7.99. The van der Waals surface area contributed by atoms with Gasteiger partial charge in [-0.2, -0.15) is 0 Å². The zero-order valence-corrected chi connectivity index (χ0v) is 25.0. The molecule has 0 radical (unpaired) electrons. The zero-order chi connectivity index (χ0) is 29.0. The van der Waals surface area contributed by atoms with Crippen molar-refractivity contribution in [3.8, 4) is 5.75 Å². The second-order valence-electron chi connectivity index (χ2n) is 11.5. The van der Waals surface area contributed by atoms with Crippen LogP contribution in [0.15, 0.2) is 109 Å². The fourth-order valence-electron chi connectivity index (χ4n) is 5.76. The monoisotopic (exact) mass is 560 g/mol. The van der Waals surface area contributed by atoms with E-state index in [-0.39, 0.29) is 5.91 Å². The highest BCUT2D eigenvalue weighted by atomic mass is 16.5. The summed E-state index contributed by atoms with van der Waals surface area (Å²) in [5.41, 5.74) is 5.70. The number of ether oxygens (including phenoxy) is 1. The molecule has 0 aromatic heterocycles. The van der Waals surface area contributed by atoms with Crippen LogP contribution in [0.2, 0.25) is 0 Å². The van der Waals surface area contributed by atoms with Crippen molar-refractivity contribution in [2.24, 2.45) is 5.92 Å². The summed E-state index contributed by atoms with van der Waals surface area (Å²) >= 11 is 0. The molecule has 0 N–H and O–H groups in total. The van der Waals surface area contributed by atoms with Crippen molar-refractivity contribution in [3.63, 3.8) is 0 Å². The molecule has 1 saturated heterocycles. The van der Waals surface area contributed by atoms with E-state index in [1.165, 1.54) is 30.4 Å². The van der Waals surface area contributed by atoms with Crippen LogP contribution >= 0.6 is 0 Å². The van der Waals surface area contributed by atoms with Crippen LogP contribution in [-0.2, 0) is 26.0 Å². The van der Waals surface area contributed by atoms with Gasteiger partial charge in [0.1, 0.15) is 12.4 Å². The Kier molecular flexibility index (Phi) is 10.8. The average molecular weight is 561 g/mol. The number of hydrogen-bond donors (Lipinski definition) is 0. The number of benzene rings is 4. The van der Waals surface area contributed by atoms with Gasteiger partial charge >= 0.3 is 0 Å². The van der Waals surface area contributed by atoms with E-state index in [2.05, 4.69) is 78.7 Å². The van der Waals surface area contributed by atoms with Crippen molar-refractivity contribution < 1.29 is 9.53 Å². The van der Waals surface area contributed by atoms with Gasteiger partial charge in [0, 0.05) is 18.7 Å². The quantitative estimate of drug-likeness (QED) is 0.154. The summed E-state index contributed by atoms with van der Waals surface area (Å²) in [6, 6.07) is 37.5. The molecule has 0 atom stereocenters. The Labute approximate surface area is 251 Å². The maximum absolute atomic E-state index is 14.0. The number of nitrogens with zero attached hydrogens (tertiary/aromatic N) is 2. The molecule has 1 fully saturated rings. The Hall–Kier alpha value is -3.89. The van der Waals surface area contributed by atoms with Crippen molar-refractivity contribution in [3.05, 3.63) is 137 Å². The number of rotatable bonds is 13. The standard InChI is InChI=1S/C38H44N2O2/c1-2-3-6-11-31-16-20-36(21-17-31)38(41)40(39-26-24-33(25-27-39)28-32-12-7-4-8-13-32)29-34-18-22-37(23-19-34)42-30-35-14-9-5-10-15-35/h4-5,7-10,12-23,33H,2-3,6,11,24-30H2,1H3. The first-order valence-corrected chi connectivity index (χ1v) is 15.6. The minimum Gasteiger partial charge on any atom is -0.489 e. The van der Waals surface area contributed by atoms with E-state index < -0.39 is 0 Å². The molecule has 218 valence electrons.